The molecule has 1 aliphatic rings. The van der Waals surface area contributed by atoms with Gasteiger partial charge in [0.2, 0.25) is 11.8 Å². The average Bonchev–Trinajstić information content (AvgIpc) is 3.38. The fourth-order valence-electron chi connectivity index (χ4n) is 3.42. The van der Waals surface area contributed by atoms with E-state index in [1.165, 1.54) is 0 Å². The first-order chi connectivity index (χ1) is 13.6. The van der Waals surface area contributed by atoms with Crippen LogP contribution in [0.15, 0.2) is 41.2 Å². The summed E-state index contributed by atoms with van der Waals surface area (Å²) in [6.45, 7) is 3.24. The Hall–Kier alpha value is -3.29. The molecule has 1 atom stereocenters. The van der Waals surface area contributed by atoms with Crippen molar-refractivity contribution in [3.05, 3.63) is 53.8 Å². The lowest BCUT2D eigenvalue weighted by molar-refractivity contribution is -0.129. The van der Waals surface area contributed by atoms with Crippen LogP contribution in [0.5, 0.6) is 5.75 Å². The van der Waals surface area contributed by atoms with E-state index in [-0.39, 0.29) is 11.8 Å². The van der Waals surface area contributed by atoms with E-state index < -0.39 is 0 Å². The summed E-state index contributed by atoms with van der Waals surface area (Å²) in [6.07, 6.45) is 5.85. The van der Waals surface area contributed by atoms with Gasteiger partial charge < -0.3 is 14.1 Å². The zero-order valence-electron chi connectivity index (χ0n) is 15.8. The third-order valence-electron chi connectivity index (χ3n) is 4.89. The Labute approximate surface area is 162 Å². The highest BCUT2D eigenvalue weighted by molar-refractivity contribution is 5.80. The highest BCUT2D eigenvalue weighted by atomic mass is 16.5. The molecule has 0 saturated carbocycles. The van der Waals surface area contributed by atoms with Crippen LogP contribution in [-0.4, -0.2) is 51.2 Å². The number of likely N-dealkylation sites (tertiary alicyclic amines) is 1. The van der Waals surface area contributed by atoms with Crippen LogP contribution in [0.2, 0.25) is 0 Å². The first kappa shape index (κ1) is 18.1. The van der Waals surface area contributed by atoms with E-state index >= 15 is 0 Å². The summed E-state index contributed by atoms with van der Waals surface area (Å²) in [4.78, 5) is 22.8. The Bertz CT molecular complexity index is 973. The Balaban J connectivity index is 1.42. The first-order valence-corrected chi connectivity index (χ1v) is 9.15. The van der Waals surface area contributed by atoms with Crippen molar-refractivity contribution >= 4 is 5.91 Å². The predicted molar refractivity (Wildman–Crippen MR) is 101 cm³/mol. The van der Waals surface area contributed by atoms with Gasteiger partial charge in [-0.2, -0.15) is 0 Å². The fraction of sp³-hybridized carbons (Fsp3) is 0.350. The van der Waals surface area contributed by atoms with Crippen molar-refractivity contribution in [1.82, 2.24) is 25.1 Å². The lowest BCUT2D eigenvalue weighted by atomic mass is 10.1. The van der Waals surface area contributed by atoms with Crippen LogP contribution in [0, 0.1) is 6.92 Å². The molecule has 0 radical (unpaired) electrons. The molecule has 0 aliphatic carbocycles. The lowest BCUT2D eigenvalue weighted by Gasteiger charge is -2.17. The number of ether oxygens (including phenoxy) is 1. The molecule has 0 bridgehead atoms. The van der Waals surface area contributed by atoms with Crippen molar-refractivity contribution in [3.63, 3.8) is 0 Å². The number of hydrogen-bond acceptors (Lipinski definition) is 7. The molecule has 1 aliphatic heterocycles. The molecule has 2 aromatic heterocycles. The molecule has 0 N–H and O–H groups in total. The number of benzene rings is 1. The number of rotatable bonds is 5. The second-order valence-electron chi connectivity index (χ2n) is 6.85. The molecule has 1 saturated heterocycles. The maximum Gasteiger partial charge on any atom is 0.267 e. The maximum atomic E-state index is 12.8. The van der Waals surface area contributed by atoms with Gasteiger partial charge in [-0.3, -0.25) is 9.78 Å². The Morgan fingerprint density at radius 1 is 1.32 bits per heavy atom. The summed E-state index contributed by atoms with van der Waals surface area (Å²) in [6, 6.07) is 5.87. The number of amides is 1. The minimum Gasteiger partial charge on any atom is -0.496 e. The molecular formula is C20H21N5O3. The van der Waals surface area contributed by atoms with Gasteiger partial charge >= 0.3 is 0 Å². The van der Waals surface area contributed by atoms with Crippen LogP contribution in [0.1, 0.15) is 29.4 Å². The van der Waals surface area contributed by atoms with Crippen molar-refractivity contribution in [3.8, 4) is 17.3 Å². The van der Waals surface area contributed by atoms with Crippen LogP contribution in [-0.2, 0) is 11.2 Å². The summed E-state index contributed by atoms with van der Waals surface area (Å²) in [5.41, 5.74) is 2.54. The zero-order chi connectivity index (χ0) is 19.5. The topological polar surface area (TPSA) is 94.2 Å². The van der Waals surface area contributed by atoms with E-state index in [0.717, 1.165) is 23.3 Å². The molecule has 8 nitrogen and oxygen atoms in total. The fourth-order valence-corrected chi connectivity index (χ4v) is 3.42. The van der Waals surface area contributed by atoms with Crippen LogP contribution >= 0.6 is 0 Å². The van der Waals surface area contributed by atoms with Gasteiger partial charge in [-0.05, 0) is 19.4 Å². The summed E-state index contributed by atoms with van der Waals surface area (Å²) in [5, 5.41) is 8.21. The van der Waals surface area contributed by atoms with E-state index in [4.69, 9.17) is 9.15 Å². The smallest absolute Gasteiger partial charge is 0.267 e. The molecule has 1 amide bonds. The number of hydrogen-bond donors (Lipinski definition) is 0. The summed E-state index contributed by atoms with van der Waals surface area (Å²) < 4.78 is 11.2. The number of methoxy groups -OCH3 is 1. The Morgan fingerprint density at radius 3 is 3.00 bits per heavy atom. The van der Waals surface area contributed by atoms with E-state index in [2.05, 4.69) is 20.2 Å². The highest BCUT2D eigenvalue weighted by Gasteiger charge is 2.31. The minimum absolute atomic E-state index is 0.0290. The van der Waals surface area contributed by atoms with Gasteiger partial charge in [0, 0.05) is 31.0 Å². The third kappa shape index (κ3) is 3.71. The number of carbonyl (C=O) groups excluding carboxylic acids is 1. The second-order valence-corrected chi connectivity index (χ2v) is 6.85. The third-order valence-corrected chi connectivity index (χ3v) is 4.89. The molecule has 1 aromatic carbocycles. The molecular weight excluding hydrogens is 358 g/mol. The summed E-state index contributed by atoms with van der Waals surface area (Å²) in [7, 11) is 1.62. The minimum atomic E-state index is 0.0290. The summed E-state index contributed by atoms with van der Waals surface area (Å²) in [5.74, 6) is 1.71. The van der Waals surface area contributed by atoms with Gasteiger partial charge in [0.1, 0.15) is 11.4 Å². The summed E-state index contributed by atoms with van der Waals surface area (Å²) >= 11 is 0. The standard InChI is InChI=1S/C20H21N5O3/c1-13-3-4-17(27-2)15(9-13)10-18(26)25-8-5-14(12-25)19-23-24-20(28-19)16-11-21-6-7-22-16/h3-4,6-7,9,11,14H,5,8,10,12H2,1-2H3. The number of aromatic nitrogens is 4. The Kier molecular flexibility index (Phi) is 5.01. The monoisotopic (exact) mass is 379 g/mol. The van der Waals surface area contributed by atoms with Crippen molar-refractivity contribution in [2.24, 2.45) is 0 Å². The Morgan fingerprint density at radius 2 is 2.21 bits per heavy atom. The van der Waals surface area contributed by atoms with Crippen LogP contribution in [0.4, 0.5) is 0 Å². The molecule has 8 heteroatoms. The van der Waals surface area contributed by atoms with E-state index in [0.29, 0.717) is 37.0 Å². The molecule has 4 rings (SSSR count). The normalized spacial score (nSPS) is 16.4. The zero-order valence-corrected chi connectivity index (χ0v) is 15.8. The van der Waals surface area contributed by atoms with Gasteiger partial charge in [-0.15, -0.1) is 10.2 Å². The van der Waals surface area contributed by atoms with Gasteiger partial charge in [0.15, 0.2) is 0 Å². The second kappa shape index (κ2) is 7.75. The van der Waals surface area contributed by atoms with Crippen molar-refractivity contribution in [2.75, 3.05) is 20.2 Å². The van der Waals surface area contributed by atoms with Gasteiger partial charge in [-0.1, -0.05) is 17.7 Å². The number of aryl methyl sites for hydroxylation is 1. The van der Waals surface area contributed by atoms with E-state index in [9.17, 15) is 4.79 Å². The molecule has 0 spiro atoms. The molecule has 1 fully saturated rings. The van der Waals surface area contributed by atoms with Gasteiger partial charge in [0.25, 0.3) is 5.89 Å². The molecule has 1 unspecified atom stereocenters. The van der Waals surface area contributed by atoms with Gasteiger partial charge in [0.05, 0.1) is 25.6 Å². The molecule has 3 heterocycles. The molecule has 28 heavy (non-hydrogen) atoms. The molecule has 144 valence electrons. The SMILES string of the molecule is COc1ccc(C)cc1CC(=O)N1CCC(c2nnc(-c3cnccn3)o2)C1. The van der Waals surface area contributed by atoms with Gasteiger partial charge in [-0.25, -0.2) is 4.98 Å². The highest BCUT2D eigenvalue weighted by Crippen LogP contribution is 2.29. The lowest BCUT2D eigenvalue weighted by Crippen LogP contribution is -2.30. The van der Waals surface area contributed by atoms with E-state index in [1.807, 2.05) is 30.0 Å². The quantitative estimate of drug-likeness (QED) is 0.672. The van der Waals surface area contributed by atoms with Crippen molar-refractivity contribution in [1.29, 1.82) is 0 Å². The average molecular weight is 379 g/mol. The largest absolute Gasteiger partial charge is 0.496 e. The number of carbonyl (C=O) groups is 1. The first-order valence-electron chi connectivity index (χ1n) is 9.15. The predicted octanol–water partition coefficient (Wildman–Crippen LogP) is 2.40. The maximum absolute atomic E-state index is 12.8. The number of nitrogens with zero attached hydrogens (tertiary/aromatic N) is 5. The van der Waals surface area contributed by atoms with Crippen LogP contribution in [0.25, 0.3) is 11.6 Å². The van der Waals surface area contributed by atoms with Crippen LogP contribution < -0.4 is 4.74 Å². The van der Waals surface area contributed by atoms with E-state index in [1.54, 1.807) is 25.7 Å². The van der Waals surface area contributed by atoms with Crippen LogP contribution in [0.3, 0.4) is 0 Å². The van der Waals surface area contributed by atoms with Crippen molar-refractivity contribution < 1.29 is 13.9 Å². The van der Waals surface area contributed by atoms with Crippen molar-refractivity contribution in [2.45, 2.75) is 25.7 Å². The molecule has 3 aromatic rings.